The molecule has 0 saturated carbocycles. The number of benzene rings is 2. The molecule has 0 atom stereocenters. The number of nitrogens with one attached hydrogen (secondary N) is 2. The zero-order valence-corrected chi connectivity index (χ0v) is 17.6. The van der Waals surface area contributed by atoms with Crippen LogP contribution in [-0.4, -0.2) is 62.9 Å². The Bertz CT molecular complexity index is 820. The van der Waals surface area contributed by atoms with Gasteiger partial charge in [0.05, 0.1) is 0 Å². The van der Waals surface area contributed by atoms with Crippen molar-refractivity contribution < 1.29 is 9.18 Å². The van der Waals surface area contributed by atoms with Gasteiger partial charge in [0.25, 0.3) is 5.91 Å². The molecule has 0 fully saturated rings. The van der Waals surface area contributed by atoms with Crippen molar-refractivity contribution in [2.24, 2.45) is 4.99 Å². The first-order valence-corrected chi connectivity index (χ1v) is 9.57. The highest BCUT2D eigenvalue weighted by Gasteiger charge is 2.09. The number of halogens is 1. The molecule has 0 unspecified atom stereocenters. The molecule has 0 saturated heterocycles. The summed E-state index contributed by atoms with van der Waals surface area (Å²) >= 11 is 0. The fourth-order valence-electron chi connectivity index (χ4n) is 2.82. The van der Waals surface area contributed by atoms with Crippen LogP contribution in [0.2, 0.25) is 0 Å². The van der Waals surface area contributed by atoms with Crippen LogP contribution >= 0.6 is 0 Å². The lowest BCUT2D eigenvalue weighted by Gasteiger charge is -2.22. The van der Waals surface area contributed by atoms with Crippen LogP contribution in [0.15, 0.2) is 53.5 Å². The number of rotatable bonds is 8. The van der Waals surface area contributed by atoms with Gasteiger partial charge in [-0.3, -0.25) is 9.79 Å². The minimum atomic E-state index is -0.246. The van der Waals surface area contributed by atoms with Gasteiger partial charge in [-0.15, -0.1) is 0 Å². The van der Waals surface area contributed by atoms with Crippen LogP contribution in [0.25, 0.3) is 0 Å². The van der Waals surface area contributed by atoms with Crippen molar-refractivity contribution in [1.82, 2.24) is 20.4 Å². The van der Waals surface area contributed by atoms with E-state index >= 15 is 0 Å². The van der Waals surface area contributed by atoms with Crippen molar-refractivity contribution in [3.05, 3.63) is 71.0 Å². The second-order valence-electron chi connectivity index (χ2n) is 7.14. The van der Waals surface area contributed by atoms with Gasteiger partial charge >= 0.3 is 0 Å². The first-order valence-electron chi connectivity index (χ1n) is 9.57. The second-order valence-corrected chi connectivity index (χ2v) is 7.14. The normalized spacial score (nSPS) is 11.4. The summed E-state index contributed by atoms with van der Waals surface area (Å²) in [5, 5.41) is 6.23. The molecule has 7 heteroatoms. The van der Waals surface area contributed by atoms with Crippen molar-refractivity contribution in [1.29, 1.82) is 0 Å². The third kappa shape index (κ3) is 7.54. The lowest BCUT2D eigenvalue weighted by Crippen LogP contribution is -2.38. The third-order valence-corrected chi connectivity index (χ3v) is 4.39. The smallest absolute Gasteiger partial charge is 0.251 e. The monoisotopic (exact) mass is 399 g/mol. The SMILES string of the molecule is CN=C(NCc1cccc(C(=O)NCCN(C)C)c1)N(C)Cc1ccc(F)cc1. The van der Waals surface area contributed by atoms with Crippen LogP contribution < -0.4 is 10.6 Å². The van der Waals surface area contributed by atoms with E-state index < -0.39 is 0 Å². The first kappa shape index (κ1) is 22.4. The lowest BCUT2D eigenvalue weighted by molar-refractivity contribution is 0.0951. The van der Waals surface area contributed by atoms with Crippen molar-refractivity contribution in [3.8, 4) is 0 Å². The van der Waals surface area contributed by atoms with Crippen LogP contribution in [0.1, 0.15) is 21.5 Å². The Kier molecular flexibility index (Phi) is 8.61. The Morgan fingerprint density at radius 3 is 2.41 bits per heavy atom. The number of hydrogen-bond acceptors (Lipinski definition) is 3. The average Bonchev–Trinajstić information content (AvgIpc) is 2.70. The van der Waals surface area contributed by atoms with E-state index in [9.17, 15) is 9.18 Å². The summed E-state index contributed by atoms with van der Waals surface area (Å²) in [5.41, 5.74) is 2.62. The fourth-order valence-corrected chi connectivity index (χ4v) is 2.82. The average molecular weight is 400 g/mol. The number of hydrogen-bond donors (Lipinski definition) is 2. The molecule has 0 aromatic heterocycles. The predicted molar refractivity (Wildman–Crippen MR) is 115 cm³/mol. The Morgan fingerprint density at radius 1 is 1.03 bits per heavy atom. The van der Waals surface area contributed by atoms with Gasteiger partial charge in [-0.05, 0) is 49.5 Å². The number of guanidine groups is 1. The van der Waals surface area contributed by atoms with E-state index in [1.807, 2.05) is 55.2 Å². The number of carbonyl (C=O) groups excluding carboxylic acids is 1. The van der Waals surface area contributed by atoms with Gasteiger partial charge in [-0.25, -0.2) is 4.39 Å². The Hall–Kier alpha value is -2.93. The van der Waals surface area contributed by atoms with Gasteiger partial charge < -0.3 is 20.4 Å². The first-order chi connectivity index (χ1) is 13.9. The number of amides is 1. The van der Waals surface area contributed by atoms with Crippen molar-refractivity contribution in [2.75, 3.05) is 41.3 Å². The zero-order valence-electron chi connectivity index (χ0n) is 17.6. The molecule has 2 rings (SSSR count). The van der Waals surface area contributed by atoms with E-state index in [0.717, 1.165) is 23.6 Å². The highest BCUT2D eigenvalue weighted by molar-refractivity contribution is 5.94. The highest BCUT2D eigenvalue weighted by atomic mass is 19.1. The molecule has 2 aromatic carbocycles. The van der Waals surface area contributed by atoms with Crippen LogP contribution in [0, 0.1) is 5.82 Å². The lowest BCUT2D eigenvalue weighted by atomic mass is 10.1. The second kappa shape index (κ2) is 11.2. The van der Waals surface area contributed by atoms with E-state index in [4.69, 9.17) is 0 Å². The van der Waals surface area contributed by atoms with E-state index in [1.54, 1.807) is 19.2 Å². The standard InChI is InChI=1S/C22H30FN5O/c1-24-22(28(4)16-17-8-10-20(23)11-9-17)26-15-18-6-5-7-19(14-18)21(29)25-12-13-27(2)3/h5-11,14H,12-13,15-16H2,1-4H3,(H,24,26)(H,25,29). The summed E-state index contributed by atoms with van der Waals surface area (Å²) in [4.78, 5) is 20.6. The molecule has 0 aliphatic rings. The highest BCUT2D eigenvalue weighted by Crippen LogP contribution is 2.08. The molecule has 2 aromatic rings. The van der Waals surface area contributed by atoms with Crippen LogP contribution in [0.3, 0.4) is 0 Å². The predicted octanol–water partition coefficient (Wildman–Crippen LogP) is 2.32. The molecule has 0 bridgehead atoms. The molecule has 0 heterocycles. The third-order valence-electron chi connectivity index (χ3n) is 4.39. The molecule has 0 spiro atoms. The van der Waals surface area contributed by atoms with Crippen LogP contribution in [0.5, 0.6) is 0 Å². The molecule has 0 radical (unpaired) electrons. The van der Waals surface area contributed by atoms with Gasteiger partial charge in [-0.2, -0.15) is 0 Å². The Morgan fingerprint density at radius 2 is 1.76 bits per heavy atom. The summed E-state index contributed by atoms with van der Waals surface area (Å²) in [7, 11) is 7.59. The molecule has 0 aliphatic heterocycles. The van der Waals surface area contributed by atoms with E-state index in [1.165, 1.54) is 12.1 Å². The van der Waals surface area contributed by atoms with Crippen LogP contribution in [-0.2, 0) is 13.1 Å². The number of carbonyl (C=O) groups is 1. The topological polar surface area (TPSA) is 60.0 Å². The van der Waals surface area contributed by atoms with Gasteiger partial charge in [-0.1, -0.05) is 24.3 Å². The maximum absolute atomic E-state index is 13.1. The Balaban J connectivity index is 1.91. The summed E-state index contributed by atoms with van der Waals surface area (Å²) in [6, 6.07) is 14.0. The number of nitrogens with zero attached hydrogens (tertiary/aromatic N) is 3. The molecular formula is C22H30FN5O. The number of aliphatic imine (C=N–C) groups is 1. The van der Waals surface area contributed by atoms with Crippen molar-refractivity contribution in [3.63, 3.8) is 0 Å². The molecule has 1 amide bonds. The summed E-state index contributed by atoms with van der Waals surface area (Å²) < 4.78 is 13.1. The van der Waals surface area contributed by atoms with Crippen LogP contribution in [0.4, 0.5) is 4.39 Å². The molecule has 6 nitrogen and oxygen atoms in total. The Labute approximate surface area is 172 Å². The molecular weight excluding hydrogens is 369 g/mol. The van der Waals surface area contributed by atoms with Gasteiger partial charge in [0.15, 0.2) is 5.96 Å². The summed E-state index contributed by atoms with van der Waals surface area (Å²) in [6.45, 7) is 2.55. The minimum Gasteiger partial charge on any atom is -0.352 e. The minimum absolute atomic E-state index is 0.0773. The molecule has 0 aliphatic carbocycles. The maximum atomic E-state index is 13.1. The zero-order chi connectivity index (χ0) is 21.2. The maximum Gasteiger partial charge on any atom is 0.251 e. The molecule has 2 N–H and O–H groups in total. The summed E-state index contributed by atoms with van der Waals surface area (Å²) in [6.07, 6.45) is 0. The van der Waals surface area contributed by atoms with Gasteiger partial charge in [0.1, 0.15) is 5.82 Å². The van der Waals surface area contributed by atoms with E-state index in [-0.39, 0.29) is 11.7 Å². The van der Waals surface area contributed by atoms with Crippen molar-refractivity contribution in [2.45, 2.75) is 13.1 Å². The quantitative estimate of drug-likeness (QED) is 0.528. The largest absolute Gasteiger partial charge is 0.352 e. The van der Waals surface area contributed by atoms with E-state index in [2.05, 4.69) is 15.6 Å². The van der Waals surface area contributed by atoms with Gasteiger partial charge in [0, 0.05) is 45.8 Å². The molecule has 156 valence electrons. The van der Waals surface area contributed by atoms with Crippen molar-refractivity contribution >= 4 is 11.9 Å². The fraction of sp³-hybridized carbons (Fsp3) is 0.364. The number of likely N-dealkylation sites (N-methyl/N-ethyl adjacent to an activating group) is 1. The van der Waals surface area contributed by atoms with Gasteiger partial charge in [0.2, 0.25) is 0 Å². The summed E-state index contributed by atoms with van der Waals surface area (Å²) in [5.74, 6) is 0.395. The van der Waals surface area contributed by atoms with E-state index in [0.29, 0.717) is 25.2 Å². The molecule has 29 heavy (non-hydrogen) atoms.